The van der Waals surface area contributed by atoms with Crippen molar-refractivity contribution >= 4 is 15.7 Å². The second-order valence-corrected chi connectivity index (χ2v) is 13.1. The number of nitrogens with zero attached hydrogens (tertiary/aromatic N) is 4. The topological polar surface area (TPSA) is 100 Å². The van der Waals surface area contributed by atoms with Gasteiger partial charge >= 0.3 is 0 Å². The maximum atomic E-state index is 14.5. The van der Waals surface area contributed by atoms with Crippen LogP contribution in [0, 0.1) is 46.2 Å². The van der Waals surface area contributed by atoms with E-state index in [0.29, 0.717) is 29.9 Å². The molecule has 0 spiro atoms. The van der Waals surface area contributed by atoms with Crippen LogP contribution in [0.2, 0.25) is 0 Å². The van der Waals surface area contributed by atoms with E-state index in [0.717, 1.165) is 63.1 Å². The van der Waals surface area contributed by atoms with Crippen LogP contribution >= 0.6 is 0 Å². The van der Waals surface area contributed by atoms with Gasteiger partial charge in [0.1, 0.15) is 5.82 Å². The lowest BCUT2D eigenvalue weighted by Crippen LogP contribution is -2.55. The van der Waals surface area contributed by atoms with Crippen LogP contribution in [0.4, 0.5) is 10.1 Å². The summed E-state index contributed by atoms with van der Waals surface area (Å²) in [5, 5.41) is 20.8. The monoisotopic (exact) mass is 561 g/mol. The van der Waals surface area contributed by atoms with Crippen molar-refractivity contribution < 1.29 is 12.8 Å². The Morgan fingerprint density at radius 2 is 1.80 bits per heavy atom. The van der Waals surface area contributed by atoms with Gasteiger partial charge in [-0.05, 0) is 92.6 Å². The molecule has 0 radical (unpaired) electrons. The number of hydrogen-bond acceptors (Lipinski definition) is 6. The standard InChI is InChI=1S/C31H36FN5O2S/c1-2-40(38,39)35-30-8-4-7-29(30)31(22-34,26-5-3-6-27(32)17-26)25-13-15-36(16-14-25)19-24-20-37(21-24)28-11-9-23(18-33)10-12-28/h2-3,5-6,9-12,17,24-25,29-30,35H,1,4,7-8,13-16,19-21H2/t29-,30-,31?/m0/s1. The molecule has 1 unspecified atom stereocenters. The van der Waals surface area contributed by atoms with E-state index < -0.39 is 21.5 Å². The summed E-state index contributed by atoms with van der Waals surface area (Å²) in [6.45, 7) is 8.08. The van der Waals surface area contributed by atoms with Crippen molar-refractivity contribution in [2.45, 2.75) is 43.6 Å². The third-order valence-electron chi connectivity index (χ3n) is 9.19. The number of benzene rings is 2. The van der Waals surface area contributed by atoms with Gasteiger partial charge in [-0.25, -0.2) is 17.5 Å². The summed E-state index contributed by atoms with van der Waals surface area (Å²) in [6.07, 6.45) is 3.76. The average Bonchev–Trinajstić information content (AvgIpc) is 3.40. The second-order valence-electron chi connectivity index (χ2n) is 11.5. The van der Waals surface area contributed by atoms with Gasteiger partial charge in [0.05, 0.1) is 23.1 Å². The van der Waals surface area contributed by atoms with Gasteiger partial charge in [-0.15, -0.1) is 0 Å². The van der Waals surface area contributed by atoms with Crippen molar-refractivity contribution in [1.82, 2.24) is 9.62 Å². The van der Waals surface area contributed by atoms with E-state index in [-0.39, 0.29) is 17.7 Å². The molecule has 2 aromatic carbocycles. The highest BCUT2D eigenvalue weighted by Gasteiger charge is 2.53. The zero-order valence-electron chi connectivity index (χ0n) is 22.7. The van der Waals surface area contributed by atoms with Gasteiger partial charge in [-0.1, -0.05) is 25.1 Å². The summed E-state index contributed by atoms with van der Waals surface area (Å²) in [4.78, 5) is 4.80. The number of nitrogens with one attached hydrogen (secondary N) is 1. The van der Waals surface area contributed by atoms with Crippen LogP contribution in [0.3, 0.4) is 0 Å². The van der Waals surface area contributed by atoms with Gasteiger partial charge in [0, 0.05) is 42.7 Å². The molecule has 3 aliphatic rings. The first kappa shape index (κ1) is 28.3. The number of anilines is 1. The van der Waals surface area contributed by atoms with Crippen LogP contribution in [-0.4, -0.2) is 52.1 Å². The van der Waals surface area contributed by atoms with Crippen molar-refractivity contribution in [1.29, 1.82) is 10.5 Å². The Morgan fingerprint density at radius 1 is 1.07 bits per heavy atom. The molecule has 0 bridgehead atoms. The number of piperidine rings is 1. The largest absolute Gasteiger partial charge is 0.371 e. The molecule has 1 N–H and O–H groups in total. The van der Waals surface area contributed by atoms with Crippen molar-refractivity contribution in [3.63, 3.8) is 0 Å². The predicted octanol–water partition coefficient (Wildman–Crippen LogP) is 4.54. The fourth-order valence-electron chi connectivity index (χ4n) is 7.22. The molecular weight excluding hydrogens is 525 g/mol. The van der Waals surface area contributed by atoms with Crippen molar-refractivity contribution in [3.05, 3.63) is 77.5 Å². The summed E-state index contributed by atoms with van der Waals surface area (Å²) in [6, 6.07) is 18.5. The van der Waals surface area contributed by atoms with Crippen LogP contribution < -0.4 is 9.62 Å². The number of likely N-dealkylation sites (tertiary alicyclic amines) is 1. The zero-order chi connectivity index (χ0) is 28.3. The molecule has 1 aliphatic carbocycles. The predicted molar refractivity (Wildman–Crippen MR) is 153 cm³/mol. The Bertz CT molecular complexity index is 1400. The Hall–Kier alpha value is -3.24. The maximum Gasteiger partial charge on any atom is 0.233 e. The van der Waals surface area contributed by atoms with Crippen LogP contribution in [-0.2, 0) is 15.4 Å². The van der Waals surface area contributed by atoms with Gasteiger partial charge in [0.2, 0.25) is 10.0 Å². The maximum absolute atomic E-state index is 14.5. The first-order valence-corrected chi connectivity index (χ1v) is 15.6. The van der Waals surface area contributed by atoms with Crippen LogP contribution in [0.25, 0.3) is 0 Å². The van der Waals surface area contributed by atoms with Crippen molar-refractivity contribution in [3.8, 4) is 12.1 Å². The van der Waals surface area contributed by atoms with E-state index in [1.807, 2.05) is 30.3 Å². The van der Waals surface area contributed by atoms with E-state index >= 15 is 0 Å². The van der Waals surface area contributed by atoms with Crippen LogP contribution in [0.1, 0.15) is 43.2 Å². The molecule has 7 nitrogen and oxygen atoms in total. The Balaban J connectivity index is 1.28. The highest BCUT2D eigenvalue weighted by atomic mass is 32.2. The molecule has 3 fully saturated rings. The number of halogens is 1. The molecule has 2 saturated heterocycles. The fraction of sp³-hybridized carbons (Fsp3) is 0.484. The van der Waals surface area contributed by atoms with E-state index in [2.05, 4.69) is 33.2 Å². The molecule has 2 heterocycles. The molecule has 210 valence electrons. The first-order valence-electron chi connectivity index (χ1n) is 14.1. The molecule has 3 atom stereocenters. The Kier molecular flexibility index (Phi) is 8.28. The SMILES string of the molecule is C=CS(=O)(=O)N[C@H]1CCC[C@@H]1C(C#N)(c1cccc(F)c1)C1CCN(CC2CN(c3ccc(C#N)cc3)C2)CC1. The third-order valence-corrected chi connectivity index (χ3v) is 10.3. The van der Waals surface area contributed by atoms with Crippen LogP contribution in [0.15, 0.2) is 60.5 Å². The minimum atomic E-state index is -3.67. The van der Waals surface area contributed by atoms with Gasteiger partial charge in [0.25, 0.3) is 0 Å². The smallest absolute Gasteiger partial charge is 0.233 e. The third kappa shape index (κ3) is 5.65. The number of rotatable bonds is 9. The molecule has 0 aromatic heterocycles. The normalized spacial score (nSPS) is 24.0. The minimum absolute atomic E-state index is 0.00840. The van der Waals surface area contributed by atoms with E-state index in [9.17, 15) is 18.1 Å². The summed E-state index contributed by atoms with van der Waals surface area (Å²) in [5.41, 5.74) is 1.47. The van der Waals surface area contributed by atoms with Gasteiger partial charge in [0.15, 0.2) is 0 Å². The Labute approximate surface area is 236 Å². The second kappa shape index (κ2) is 11.7. The van der Waals surface area contributed by atoms with Crippen molar-refractivity contribution in [2.24, 2.45) is 17.8 Å². The van der Waals surface area contributed by atoms with Crippen LogP contribution in [0.5, 0.6) is 0 Å². The molecule has 2 aliphatic heterocycles. The lowest BCUT2D eigenvalue weighted by molar-refractivity contribution is 0.0978. The fourth-order valence-corrected chi connectivity index (χ4v) is 8.02. The first-order chi connectivity index (χ1) is 19.3. The molecule has 0 amide bonds. The quantitative estimate of drug-likeness (QED) is 0.483. The summed E-state index contributed by atoms with van der Waals surface area (Å²) < 4.78 is 42.1. The molecule has 9 heteroatoms. The molecule has 1 saturated carbocycles. The molecule has 40 heavy (non-hydrogen) atoms. The lowest BCUT2D eigenvalue weighted by atomic mass is 9.59. The van der Waals surface area contributed by atoms with E-state index in [1.165, 1.54) is 12.1 Å². The zero-order valence-corrected chi connectivity index (χ0v) is 23.5. The lowest BCUT2D eigenvalue weighted by Gasteiger charge is -2.48. The molecule has 5 rings (SSSR count). The molecule has 2 aromatic rings. The van der Waals surface area contributed by atoms with Gasteiger partial charge in [-0.3, -0.25) is 0 Å². The summed E-state index contributed by atoms with van der Waals surface area (Å²) in [7, 11) is -3.67. The number of nitriles is 2. The summed E-state index contributed by atoms with van der Waals surface area (Å²) in [5.74, 6) is -0.0830. The number of sulfonamides is 1. The van der Waals surface area contributed by atoms with E-state index in [1.54, 1.807) is 6.07 Å². The highest BCUT2D eigenvalue weighted by Crippen LogP contribution is 2.50. The van der Waals surface area contributed by atoms with E-state index in [4.69, 9.17) is 5.26 Å². The van der Waals surface area contributed by atoms with Crippen molar-refractivity contribution in [2.75, 3.05) is 37.6 Å². The number of hydrogen-bond donors (Lipinski definition) is 1. The van der Waals surface area contributed by atoms with Gasteiger partial charge < -0.3 is 9.80 Å². The minimum Gasteiger partial charge on any atom is -0.371 e. The Morgan fingerprint density at radius 3 is 2.42 bits per heavy atom. The highest BCUT2D eigenvalue weighted by molar-refractivity contribution is 7.92. The average molecular weight is 562 g/mol. The summed E-state index contributed by atoms with van der Waals surface area (Å²) >= 11 is 0. The van der Waals surface area contributed by atoms with Gasteiger partial charge in [-0.2, -0.15) is 10.5 Å². The molecular formula is C31H36FN5O2S.